The van der Waals surface area contributed by atoms with E-state index < -0.39 is 15.8 Å². The summed E-state index contributed by atoms with van der Waals surface area (Å²) >= 11 is 0. The number of anilines is 1. The van der Waals surface area contributed by atoms with Crippen molar-refractivity contribution in [2.24, 2.45) is 0 Å². The van der Waals surface area contributed by atoms with Crippen LogP contribution in [0.5, 0.6) is 5.75 Å². The maximum atomic E-state index is 12.3. The Morgan fingerprint density at radius 2 is 1.97 bits per heavy atom. The minimum atomic E-state index is -3.74. The summed E-state index contributed by atoms with van der Waals surface area (Å²) in [4.78, 5) is 25.7. The van der Waals surface area contributed by atoms with Crippen LogP contribution in [-0.4, -0.2) is 37.6 Å². The molecule has 158 valence electrons. The molecule has 0 saturated heterocycles. The van der Waals surface area contributed by atoms with Gasteiger partial charge >= 0.3 is 5.76 Å². The van der Waals surface area contributed by atoms with Gasteiger partial charge in [-0.3, -0.25) is 14.3 Å². The van der Waals surface area contributed by atoms with E-state index in [1.165, 1.54) is 12.1 Å². The van der Waals surface area contributed by atoms with Gasteiger partial charge in [-0.05, 0) is 43.3 Å². The third kappa shape index (κ3) is 5.55. The van der Waals surface area contributed by atoms with Crippen LogP contribution in [-0.2, 0) is 14.8 Å². The standard InChI is InChI=1S/C19H20N4O6S/c1-2-28-15-6-8-16(9-7-15)30(26,27)20-11-10-17(24)21-14-5-3-4-13(12-14)18-22-19(25)29-23-18/h3-9,12,20H,2,10-11H2,1H3,(H,21,24)(H,22,23,25). The first-order valence-corrected chi connectivity index (χ1v) is 10.5. The molecular formula is C19H20N4O6S. The second-order valence-corrected chi connectivity index (χ2v) is 7.89. The summed E-state index contributed by atoms with van der Waals surface area (Å²) in [5, 5.41) is 6.25. The molecule has 0 bridgehead atoms. The molecule has 3 N–H and O–H groups in total. The van der Waals surface area contributed by atoms with E-state index in [9.17, 15) is 18.0 Å². The van der Waals surface area contributed by atoms with E-state index in [0.717, 1.165) is 0 Å². The van der Waals surface area contributed by atoms with Crippen LogP contribution in [0.3, 0.4) is 0 Å². The van der Waals surface area contributed by atoms with Crippen molar-refractivity contribution in [2.45, 2.75) is 18.2 Å². The minimum absolute atomic E-state index is 0.0682. The first-order valence-electron chi connectivity index (χ1n) is 9.06. The van der Waals surface area contributed by atoms with E-state index in [1.54, 1.807) is 36.4 Å². The number of nitrogens with zero attached hydrogens (tertiary/aromatic N) is 1. The number of hydrogen-bond acceptors (Lipinski definition) is 7. The number of aromatic nitrogens is 2. The summed E-state index contributed by atoms with van der Waals surface area (Å²) in [6.45, 7) is 2.25. The van der Waals surface area contributed by atoms with E-state index >= 15 is 0 Å². The van der Waals surface area contributed by atoms with Crippen LogP contribution in [0.2, 0.25) is 0 Å². The van der Waals surface area contributed by atoms with Gasteiger partial charge in [-0.2, -0.15) is 0 Å². The van der Waals surface area contributed by atoms with Gasteiger partial charge in [0, 0.05) is 24.2 Å². The fourth-order valence-corrected chi connectivity index (χ4v) is 3.62. The minimum Gasteiger partial charge on any atom is -0.494 e. The SMILES string of the molecule is CCOc1ccc(S(=O)(=O)NCCC(=O)Nc2cccc(-c3noc(=O)[nH]3)c2)cc1. The number of amides is 1. The first-order chi connectivity index (χ1) is 14.4. The van der Waals surface area contributed by atoms with Crippen molar-refractivity contribution in [2.75, 3.05) is 18.5 Å². The number of ether oxygens (including phenoxy) is 1. The van der Waals surface area contributed by atoms with Gasteiger partial charge in [-0.15, -0.1) is 0 Å². The van der Waals surface area contributed by atoms with Gasteiger partial charge in [0.2, 0.25) is 15.9 Å². The van der Waals surface area contributed by atoms with Gasteiger partial charge in [0.15, 0.2) is 5.82 Å². The molecule has 0 aliphatic heterocycles. The van der Waals surface area contributed by atoms with Crippen molar-refractivity contribution in [3.8, 4) is 17.1 Å². The largest absolute Gasteiger partial charge is 0.494 e. The summed E-state index contributed by atoms with van der Waals surface area (Å²) in [5.74, 6) is -0.249. The fourth-order valence-electron chi connectivity index (χ4n) is 2.59. The highest BCUT2D eigenvalue weighted by Gasteiger charge is 2.14. The van der Waals surface area contributed by atoms with Gasteiger partial charge in [0.1, 0.15) is 5.75 Å². The highest BCUT2D eigenvalue weighted by Crippen LogP contribution is 2.19. The number of hydrogen-bond donors (Lipinski definition) is 3. The Labute approximate surface area is 172 Å². The molecule has 0 spiro atoms. The number of carbonyl (C=O) groups is 1. The lowest BCUT2D eigenvalue weighted by atomic mass is 10.2. The fraction of sp³-hybridized carbons (Fsp3) is 0.211. The van der Waals surface area contributed by atoms with E-state index in [2.05, 4.69) is 24.7 Å². The molecule has 0 fully saturated rings. The quantitative estimate of drug-likeness (QED) is 0.467. The molecule has 0 saturated carbocycles. The van der Waals surface area contributed by atoms with E-state index in [4.69, 9.17) is 4.74 Å². The summed E-state index contributed by atoms with van der Waals surface area (Å²) in [6.07, 6.45) is -0.0682. The topological polar surface area (TPSA) is 143 Å². The normalized spacial score (nSPS) is 11.2. The second-order valence-electron chi connectivity index (χ2n) is 6.12. The van der Waals surface area contributed by atoms with Gasteiger partial charge in [0.05, 0.1) is 11.5 Å². The summed E-state index contributed by atoms with van der Waals surface area (Å²) in [5.41, 5.74) is 1.02. The van der Waals surface area contributed by atoms with E-state index in [-0.39, 0.29) is 29.6 Å². The maximum absolute atomic E-state index is 12.3. The third-order valence-corrected chi connectivity index (χ3v) is 5.43. The molecule has 3 aromatic rings. The molecule has 3 rings (SSSR count). The van der Waals surface area contributed by atoms with E-state index in [1.807, 2.05) is 6.92 Å². The van der Waals surface area contributed by atoms with Crippen LogP contribution < -0.4 is 20.5 Å². The van der Waals surface area contributed by atoms with Crippen LogP contribution in [0.25, 0.3) is 11.4 Å². The van der Waals surface area contributed by atoms with Crippen molar-refractivity contribution in [1.29, 1.82) is 0 Å². The van der Waals surface area contributed by atoms with Crippen LogP contribution in [0, 0.1) is 0 Å². The molecule has 11 heteroatoms. The Bertz CT molecular complexity index is 1170. The van der Waals surface area contributed by atoms with Crippen molar-refractivity contribution in [1.82, 2.24) is 14.9 Å². The molecule has 0 aliphatic rings. The lowest BCUT2D eigenvalue weighted by molar-refractivity contribution is -0.116. The highest BCUT2D eigenvalue weighted by atomic mass is 32.2. The van der Waals surface area contributed by atoms with Crippen molar-refractivity contribution < 1.29 is 22.5 Å². The predicted octanol–water partition coefficient (Wildman–Crippen LogP) is 1.74. The molecule has 2 aromatic carbocycles. The molecule has 1 amide bonds. The lowest BCUT2D eigenvalue weighted by Crippen LogP contribution is -2.27. The molecule has 1 aromatic heterocycles. The van der Waals surface area contributed by atoms with Gasteiger partial charge in [-0.1, -0.05) is 17.3 Å². The average Bonchev–Trinajstić information content (AvgIpc) is 3.15. The van der Waals surface area contributed by atoms with Gasteiger partial charge < -0.3 is 10.1 Å². The molecule has 1 heterocycles. The summed E-state index contributed by atoms with van der Waals surface area (Å²) < 4.78 is 36.8. The van der Waals surface area contributed by atoms with Crippen LogP contribution in [0.15, 0.2) is 62.7 Å². The Balaban J connectivity index is 1.54. The molecular weight excluding hydrogens is 412 g/mol. The average molecular weight is 432 g/mol. The Morgan fingerprint density at radius 1 is 1.20 bits per heavy atom. The Kier molecular flexibility index (Phi) is 6.65. The van der Waals surface area contributed by atoms with E-state index in [0.29, 0.717) is 23.6 Å². The zero-order valence-corrected chi connectivity index (χ0v) is 16.9. The Hall–Kier alpha value is -3.44. The Morgan fingerprint density at radius 3 is 2.63 bits per heavy atom. The molecule has 0 unspecified atom stereocenters. The van der Waals surface area contributed by atoms with Crippen molar-refractivity contribution in [3.63, 3.8) is 0 Å². The first kappa shape index (κ1) is 21.3. The highest BCUT2D eigenvalue weighted by molar-refractivity contribution is 7.89. The zero-order chi connectivity index (χ0) is 21.6. The smallest absolute Gasteiger partial charge is 0.439 e. The number of benzene rings is 2. The number of aromatic amines is 1. The number of nitrogens with one attached hydrogen (secondary N) is 3. The summed E-state index contributed by atoms with van der Waals surface area (Å²) in [7, 11) is -3.74. The number of carbonyl (C=O) groups excluding carboxylic acids is 1. The molecule has 10 nitrogen and oxygen atoms in total. The predicted molar refractivity (Wildman–Crippen MR) is 109 cm³/mol. The molecule has 0 radical (unpaired) electrons. The van der Waals surface area contributed by atoms with Crippen molar-refractivity contribution in [3.05, 3.63) is 59.1 Å². The third-order valence-electron chi connectivity index (χ3n) is 3.95. The molecule has 30 heavy (non-hydrogen) atoms. The molecule has 0 atom stereocenters. The second kappa shape index (κ2) is 9.37. The van der Waals surface area contributed by atoms with Crippen molar-refractivity contribution >= 4 is 21.6 Å². The summed E-state index contributed by atoms with van der Waals surface area (Å²) in [6, 6.07) is 12.6. The van der Waals surface area contributed by atoms with Gasteiger partial charge in [-0.25, -0.2) is 17.9 Å². The van der Waals surface area contributed by atoms with Gasteiger partial charge in [0.25, 0.3) is 0 Å². The zero-order valence-electron chi connectivity index (χ0n) is 16.0. The van der Waals surface area contributed by atoms with Crippen LogP contribution >= 0.6 is 0 Å². The van der Waals surface area contributed by atoms with Crippen LogP contribution in [0.4, 0.5) is 5.69 Å². The number of sulfonamides is 1. The monoisotopic (exact) mass is 432 g/mol. The lowest BCUT2D eigenvalue weighted by Gasteiger charge is -2.09. The number of rotatable bonds is 9. The number of H-pyrrole nitrogens is 1. The molecule has 0 aliphatic carbocycles. The maximum Gasteiger partial charge on any atom is 0.439 e. The van der Waals surface area contributed by atoms with Crippen LogP contribution in [0.1, 0.15) is 13.3 Å².